The van der Waals surface area contributed by atoms with E-state index in [1.54, 1.807) is 12.1 Å². The molecule has 1 aromatic rings. The molecule has 1 N–H and O–H groups in total. The molecule has 14 heavy (non-hydrogen) atoms. The molecule has 0 radical (unpaired) electrons. The molecule has 0 amide bonds. The second-order valence-electron chi connectivity index (χ2n) is 3.13. The average Bonchev–Trinajstić information content (AvgIpc) is 2.18. The highest BCUT2D eigenvalue weighted by Crippen LogP contribution is 2.28. The fourth-order valence-electron chi connectivity index (χ4n) is 1.39. The van der Waals surface area contributed by atoms with Crippen molar-refractivity contribution in [3.8, 4) is 5.75 Å². The van der Waals surface area contributed by atoms with E-state index in [4.69, 9.17) is 11.6 Å². The topological polar surface area (TPSA) is 37.3 Å². The van der Waals surface area contributed by atoms with Crippen LogP contribution in [0.2, 0.25) is 5.02 Å². The van der Waals surface area contributed by atoms with Crippen molar-refractivity contribution in [1.82, 2.24) is 0 Å². The quantitative estimate of drug-likeness (QED) is 0.780. The van der Waals surface area contributed by atoms with Gasteiger partial charge in [-0.3, -0.25) is 0 Å². The molecule has 76 valence electrons. The predicted molar refractivity (Wildman–Crippen MR) is 56.9 cm³/mol. The fourth-order valence-corrected chi connectivity index (χ4v) is 1.66. The summed E-state index contributed by atoms with van der Waals surface area (Å²) in [5, 5.41) is 10.4. The first-order chi connectivity index (χ1) is 6.69. The van der Waals surface area contributed by atoms with Crippen LogP contribution in [0, 0.1) is 0 Å². The minimum absolute atomic E-state index is 0.277. The van der Waals surface area contributed by atoms with Crippen LogP contribution < -0.4 is 0 Å². The van der Waals surface area contributed by atoms with Crippen LogP contribution in [-0.4, -0.2) is 11.4 Å². The molecule has 0 fully saturated rings. The highest BCUT2D eigenvalue weighted by Gasteiger charge is 2.07. The fraction of sp³-hybridized carbons (Fsp3) is 0.364. The number of rotatable bonds is 4. The van der Waals surface area contributed by atoms with Gasteiger partial charge in [-0.1, -0.05) is 18.5 Å². The van der Waals surface area contributed by atoms with Gasteiger partial charge >= 0.3 is 0 Å². The van der Waals surface area contributed by atoms with E-state index in [2.05, 4.69) is 0 Å². The van der Waals surface area contributed by atoms with Gasteiger partial charge in [-0.25, -0.2) is 0 Å². The van der Waals surface area contributed by atoms with E-state index >= 15 is 0 Å². The Kier molecular flexibility index (Phi) is 3.96. The van der Waals surface area contributed by atoms with Crippen molar-refractivity contribution in [1.29, 1.82) is 0 Å². The predicted octanol–water partition coefficient (Wildman–Crippen LogP) is 2.74. The number of halogens is 1. The zero-order chi connectivity index (χ0) is 10.6. The molecule has 0 unspecified atom stereocenters. The summed E-state index contributed by atoms with van der Waals surface area (Å²) < 4.78 is 0. The lowest BCUT2D eigenvalue weighted by Gasteiger charge is -2.08. The Morgan fingerprint density at radius 1 is 1.43 bits per heavy atom. The van der Waals surface area contributed by atoms with Gasteiger partial charge in [0.1, 0.15) is 12.0 Å². The SMILES string of the molecule is CCc1cc(Cl)cc(CCC=O)c1O. The van der Waals surface area contributed by atoms with Crippen molar-refractivity contribution < 1.29 is 9.90 Å². The summed E-state index contributed by atoms with van der Waals surface area (Å²) in [5.74, 6) is 0.277. The van der Waals surface area contributed by atoms with Gasteiger partial charge in [0.05, 0.1) is 0 Å². The minimum atomic E-state index is 0.277. The smallest absolute Gasteiger partial charge is 0.122 e. The molecule has 0 saturated heterocycles. The van der Waals surface area contributed by atoms with E-state index in [-0.39, 0.29) is 5.75 Å². The molecule has 3 heteroatoms. The summed E-state index contributed by atoms with van der Waals surface area (Å²) in [5.41, 5.74) is 1.58. The molecule has 0 bridgehead atoms. The maximum absolute atomic E-state index is 10.2. The highest BCUT2D eigenvalue weighted by molar-refractivity contribution is 6.30. The Labute approximate surface area is 88.5 Å². The molecule has 1 rings (SSSR count). The zero-order valence-electron chi connectivity index (χ0n) is 8.09. The first-order valence-corrected chi connectivity index (χ1v) is 5.00. The van der Waals surface area contributed by atoms with Crippen LogP contribution >= 0.6 is 11.6 Å². The Bertz CT molecular complexity index is 334. The van der Waals surface area contributed by atoms with Crippen LogP contribution in [0.25, 0.3) is 0 Å². The molecular formula is C11H13ClO2. The number of carbonyl (C=O) groups excluding carboxylic acids is 1. The normalized spacial score (nSPS) is 10.1. The maximum Gasteiger partial charge on any atom is 0.122 e. The van der Waals surface area contributed by atoms with E-state index in [0.717, 1.165) is 23.8 Å². The van der Waals surface area contributed by atoms with Crippen LogP contribution in [0.3, 0.4) is 0 Å². The Morgan fingerprint density at radius 2 is 2.07 bits per heavy atom. The highest BCUT2D eigenvalue weighted by atomic mass is 35.5. The zero-order valence-corrected chi connectivity index (χ0v) is 8.84. The van der Waals surface area contributed by atoms with Crippen molar-refractivity contribution in [3.05, 3.63) is 28.3 Å². The van der Waals surface area contributed by atoms with Gasteiger partial charge in [-0.2, -0.15) is 0 Å². The molecule has 0 saturated carbocycles. The Hall–Kier alpha value is -1.02. The third-order valence-electron chi connectivity index (χ3n) is 2.14. The van der Waals surface area contributed by atoms with Gasteiger partial charge in [-0.15, -0.1) is 0 Å². The van der Waals surface area contributed by atoms with Crippen molar-refractivity contribution in [3.63, 3.8) is 0 Å². The standard InChI is InChI=1S/C11H13ClO2/c1-2-8-6-10(12)7-9(11(8)14)4-3-5-13/h5-7,14H,2-4H2,1H3. The third-order valence-corrected chi connectivity index (χ3v) is 2.36. The van der Waals surface area contributed by atoms with Crippen molar-refractivity contribution in [2.45, 2.75) is 26.2 Å². The first kappa shape index (κ1) is 11.1. The number of benzene rings is 1. The number of carbonyl (C=O) groups is 1. The monoisotopic (exact) mass is 212 g/mol. The molecule has 0 aliphatic heterocycles. The van der Waals surface area contributed by atoms with E-state index in [9.17, 15) is 9.90 Å². The lowest BCUT2D eigenvalue weighted by atomic mass is 10.0. The summed E-state index contributed by atoms with van der Waals surface area (Å²) in [4.78, 5) is 10.2. The number of phenolic OH excluding ortho intramolecular Hbond substituents is 1. The van der Waals surface area contributed by atoms with Crippen molar-refractivity contribution in [2.24, 2.45) is 0 Å². The van der Waals surface area contributed by atoms with E-state index in [1.165, 1.54) is 0 Å². The molecular weight excluding hydrogens is 200 g/mol. The third kappa shape index (κ3) is 2.48. The molecule has 0 atom stereocenters. The molecule has 0 aliphatic carbocycles. The lowest BCUT2D eigenvalue weighted by Crippen LogP contribution is -1.91. The second kappa shape index (κ2) is 5.01. The average molecular weight is 213 g/mol. The van der Waals surface area contributed by atoms with E-state index in [0.29, 0.717) is 17.9 Å². The largest absolute Gasteiger partial charge is 0.507 e. The molecule has 0 heterocycles. The molecule has 0 aromatic heterocycles. The summed E-state index contributed by atoms with van der Waals surface area (Å²) >= 11 is 5.88. The molecule has 0 spiro atoms. The maximum atomic E-state index is 10.2. The summed E-state index contributed by atoms with van der Waals surface area (Å²) in [7, 11) is 0. The number of aryl methyl sites for hydroxylation is 2. The van der Waals surface area contributed by atoms with Gasteiger partial charge in [0, 0.05) is 11.4 Å². The summed E-state index contributed by atoms with van der Waals surface area (Å²) in [6.07, 6.45) is 2.53. The van der Waals surface area contributed by atoms with Crippen LogP contribution in [0.15, 0.2) is 12.1 Å². The summed E-state index contributed by atoms with van der Waals surface area (Å²) in [6, 6.07) is 3.46. The second-order valence-corrected chi connectivity index (χ2v) is 3.57. The van der Waals surface area contributed by atoms with E-state index in [1.807, 2.05) is 6.92 Å². The minimum Gasteiger partial charge on any atom is -0.507 e. The van der Waals surface area contributed by atoms with Crippen LogP contribution in [0.4, 0.5) is 0 Å². The van der Waals surface area contributed by atoms with Gasteiger partial charge in [0.15, 0.2) is 0 Å². The van der Waals surface area contributed by atoms with Crippen LogP contribution in [0.5, 0.6) is 5.75 Å². The number of hydrogen-bond donors (Lipinski definition) is 1. The first-order valence-electron chi connectivity index (χ1n) is 4.63. The van der Waals surface area contributed by atoms with Gasteiger partial charge in [-0.05, 0) is 36.1 Å². The number of phenols is 1. The van der Waals surface area contributed by atoms with Crippen molar-refractivity contribution in [2.75, 3.05) is 0 Å². The lowest BCUT2D eigenvalue weighted by molar-refractivity contribution is -0.107. The molecule has 0 aliphatic rings. The van der Waals surface area contributed by atoms with Crippen molar-refractivity contribution >= 4 is 17.9 Å². The van der Waals surface area contributed by atoms with E-state index < -0.39 is 0 Å². The summed E-state index contributed by atoms with van der Waals surface area (Å²) in [6.45, 7) is 1.95. The number of aromatic hydroxyl groups is 1. The Balaban J connectivity index is 3.02. The van der Waals surface area contributed by atoms with Crippen LogP contribution in [-0.2, 0) is 17.6 Å². The van der Waals surface area contributed by atoms with Gasteiger partial charge in [0.2, 0.25) is 0 Å². The molecule has 2 nitrogen and oxygen atoms in total. The molecule has 1 aromatic carbocycles. The van der Waals surface area contributed by atoms with Gasteiger partial charge in [0.25, 0.3) is 0 Å². The van der Waals surface area contributed by atoms with Gasteiger partial charge < -0.3 is 9.90 Å². The number of aldehydes is 1. The van der Waals surface area contributed by atoms with Crippen LogP contribution in [0.1, 0.15) is 24.5 Å². The Morgan fingerprint density at radius 3 is 2.64 bits per heavy atom. The number of hydrogen-bond acceptors (Lipinski definition) is 2.